The number of carbonyl (C=O) groups is 1. The number of primary sulfonamides is 1. The number of amides is 1. The van der Waals surface area contributed by atoms with Gasteiger partial charge in [-0.05, 0) is 42.7 Å². The highest BCUT2D eigenvalue weighted by molar-refractivity contribution is 7.89. The van der Waals surface area contributed by atoms with Gasteiger partial charge in [-0.2, -0.15) is 0 Å². The summed E-state index contributed by atoms with van der Waals surface area (Å²) in [6, 6.07) is 9.86. The van der Waals surface area contributed by atoms with Crippen molar-refractivity contribution in [2.45, 2.75) is 37.5 Å². The van der Waals surface area contributed by atoms with E-state index in [1.54, 1.807) is 30.5 Å². The highest BCUT2D eigenvalue weighted by Crippen LogP contribution is 2.11. The molecule has 1 aromatic heterocycles. The second-order valence-electron chi connectivity index (χ2n) is 6.26. The molecule has 0 saturated carbocycles. The molecule has 8 heteroatoms. The summed E-state index contributed by atoms with van der Waals surface area (Å²) in [4.78, 5) is 16.5. The van der Waals surface area contributed by atoms with Gasteiger partial charge >= 0.3 is 0 Å². The standard InChI is InChI=1S/C19H26N4O3S/c1-2-3-4-11-23-19(24)16-10-13-22-18(14-16)21-12-9-15-5-7-17(8-6-15)27(20,25)26/h5-8,10,13-14H,2-4,9,11-12H2,1H3,(H,21,22)(H,23,24)(H2,20,25,26). The Bertz CT molecular complexity index is 852. The molecular weight excluding hydrogens is 364 g/mol. The van der Waals surface area contributed by atoms with Crippen LogP contribution in [0, 0.1) is 0 Å². The molecule has 7 nitrogen and oxygen atoms in total. The summed E-state index contributed by atoms with van der Waals surface area (Å²) in [6.07, 6.45) is 5.47. The zero-order valence-electron chi connectivity index (χ0n) is 15.4. The minimum atomic E-state index is -3.67. The monoisotopic (exact) mass is 390 g/mol. The maximum absolute atomic E-state index is 12.1. The van der Waals surface area contributed by atoms with E-state index >= 15 is 0 Å². The number of sulfonamides is 1. The third kappa shape index (κ3) is 6.99. The van der Waals surface area contributed by atoms with E-state index < -0.39 is 10.0 Å². The molecule has 0 saturated heterocycles. The minimum absolute atomic E-state index is 0.0959. The predicted molar refractivity (Wildman–Crippen MR) is 106 cm³/mol. The van der Waals surface area contributed by atoms with Crippen LogP contribution in [-0.4, -0.2) is 32.4 Å². The topological polar surface area (TPSA) is 114 Å². The molecule has 146 valence electrons. The van der Waals surface area contributed by atoms with E-state index in [1.165, 1.54) is 12.1 Å². The molecule has 0 atom stereocenters. The lowest BCUT2D eigenvalue weighted by atomic mass is 10.1. The van der Waals surface area contributed by atoms with Crippen LogP contribution in [-0.2, 0) is 16.4 Å². The molecule has 0 fully saturated rings. The lowest BCUT2D eigenvalue weighted by Crippen LogP contribution is -2.24. The SMILES string of the molecule is CCCCCNC(=O)c1ccnc(NCCc2ccc(S(N)(=O)=O)cc2)c1. The van der Waals surface area contributed by atoms with Crippen molar-refractivity contribution in [2.75, 3.05) is 18.4 Å². The molecular formula is C19H26N4O3S. The number of nitrogens with one attached hydrogen (secondary N) is 2. The quantitative estimate of drug-likeness (QED) is 0.539. The highest BCUT2D eigenvalue weighted by atomic mass is 32.2. The zero-order chi connectivity index (χ0) is 19.7. The fraction of sp³-hybridized carbons (Fsp3) is 0.368. The summed E-state index contributed by atoms with van der Waals surface area (Å²) < 4.78 is 22.5. The normalized spacial score (nSPS) is 11.2. The molecule has 2 aromatic rings. The van der Waals surface area contributed by atoms with E-state index in [1.807, 2.05) is 0 Å². The molecule has 1 heterocycles. The fourth-order valence-corrected chi connectivity index (χ4v) is 3.04. The molecule has 0 aliphatic carbocycles. The Labute approximate surface area is 160 Å². The Morgan fingerprint density at radius 1 is 1.11 bits per heavy atom. The third-order valence-corrected chi connectivity index (χ3v) is 4.99. The molecule has 0 radical (unpaired) electrons. The molecule has 0 unspecified atom stereocenters. The van der Waals surface area contributed by atoms with E-state index in [9.17, 15) is 13.2 Å². The number of unbranched alkanes of at least 4 members (excludes halogenated alkanes) is 2. The summed E-state index contributed by atoms with van der Waals surface area (Å²) >= 11 is 0. The fourth-order valence-electron chi connectivity index (χ4n) is 2.53. The van der Waals surface area contributed by atoms with Gasteiger partial charge in [-0.1, -0.05) is 31.9 Å². The maximum atomic E-state index is 12.1. The van der Waals surface area contributed by atoms with Crippen molar-refractivity contribution < 1.29 is 13.2 Å². The number of aromatic nitrogens is 1. The molecule has 2 rings (SSSR count). The average molecular weight is 391 g/mol. The number of hydrogen-bond acceptors (Lipinski definition) is 5. The molecule has 4 N–H and O–H groups in total. The van der Waals surface area contributed by atoms with Gasteiger partial charge in [0, 0.05) is 24.8 Å². The van der Waals surface area contributed by atoms with E-state index in [4.69, 9.17) is 5.14 Å². The van der Waals surface area contributed by atoms with E-state index in [0.29, 0.717) is 30.9 Å². The van der Waals surface area contributed by atoms with Gasteiger partial charge in [0.05, 0.1) is 4.90 Å². The van der Waals surface area contributed by atoms with Crippen molar-refractivity contribution in [2.24, 2.45) is 5.14 Å². The van der Waals surface area contributed by atoms with Crippen LogP contribution in [0.2, 0.25) is 0 Å². The van der Waals surface area contributed by atoms with Crippen LogP contribution in [0.3, 0.4) is 0 Å². The van der Waals surface area contributed by atoms with Gasteiger partial charge in [0.2, 0.25) is 10.0 Å². The van der Waals surface area contributed by atoms with E-state index in [2.05, 4.69) is 22.5 Å². The van der Waals surface area contributed by atoms with E-state index in [0.717, 1.165) is 24.8 Å². The first-order valence-corrected chi connectivity index (χ1v) is 10.5. The van der Waals surface area contributed by atoms with Gasteiger partial charge in [0.25, 0.3) is 5.91 Å². The van der Waals surface area contributed by atoms with Gasteiger partial charge in [0.15, 0.2) is 0 Å². The van der Waals surface area contributed by atoms with Crippen LogP contribution in [0.4, 0.5) is 5.82 Å². The Morgan fingerprint density at radius 2 is 1.85 bits per heavy atom. The number of carbonyl (C=O) groups excluding carboxylic acids is 1. The van der Waals surface area contributed by atoms with Gasteiger partial charge in [-0.15, -0.1) is 0 Å². The first-order chi connectivity index (χ1) is 12.9. The van der Waals surface area contributed by atoms with Crippen molar-refractivity contribution in [3.05, 3.63) is 53.7 Å². The number of anilines is 1. The van der Waals surface area contributed by atoms with Crippen LogP contribution in [0.5, 0.6) is 0 Å². The number of pyridine rings is 1. The van der Waals surface area contributed by atoms with Crippen molar-refractivity contribution in [1.29, 1.82) is 0 Å². The van der Waals surface area contributed by atoms with Crippen LogP contribution in [0.15, 0.2) is 47.5 Å². The predicted octanol–water partition coefficient (Wildman–Crippen LogP) is 2.30. The molecule has 0 bridgehead atoms. The Morgan fingerprint density at radius 3 is 2.52 bits per heavy atom. The highest BCUT2D eigenvalue weighted by Gasteiger charge is 2.08. The van der Waals surface area contributed by atoms with Gasteiger partial charge in [-0.3, -0.25) is 4.79 Å². The largest absolute Gasteiger partial charge is 0.370 e. The second-order valence-corrected chi connectivity index (χ2v) is 7.82. The molecule has 0 aliphatic heterocycles. The summed E-state index contributed by atoms with van der Waals surface area (Å²) in [5.74, 6) is 0.521. The Hall–Kier alpha value is -2.45. The minimum Gasteiger partial charge on any atom is -0.370 e. The number of nitrogens with two attached hydrogens (primary N) is 1. The Kier molecular flexibility index (Phi) is 7.75. The van der Waals surface area contributed by atoms with Crippen LogP contribution in [0.1, 0.15) is 42.1 Å². The molecule has 0 aliphatic rings. The first-order valence-electron chi connectivity index (χ1n) is 9.00. The van der Waals surface area contributed by atoms with Crippen LogP contribution >= 0.6 is 0 Å². The second kappa shape index (κ2) is 10.0. The van der Waals surface area contributed by atoms with Gasteiger partial charge in [0.1, 0.15) is 5.82 Å². The first kappa shape index (κ1) is 20.9. The van der Waals surface area contributed by atoms with E-state index in [-0.39, 0.29) is 10.8 Å². The van der Waals surface area contributed by atoms with Gasteiger partial charge < -0.3 is 10.6 Å². The van der Waals surface area contributed by atoms with Crippen molar-refractivity contribution in [1.82, 2.24) is 10.3 Å². The number of benzene rings is 1. The Balaban J connectivity index is 1.85. The summed E-state index contributed by atoms with van der Waals surface area (Å²) in [5, 5.41) is 11.2. The van der Waals surface area contributed by atoms with Crippen molar-refractivity contribution >= 4 is 21.7 Å². The molecule has 1 aromatic carbocycles. The van der Waals surface area contributed by atoms with Crippen molar-refractivity contribution in [3.63, 3.8) is 0 Å². The number of rotatable bonds is 10. The zero-order valence-corrected chi connectivity index (χ0v) is 16.3. The average Bonchev–Trinajstić information content (AvgIpc) is 2.65. The number of nitrogens with zero attached hydrogens (tertiary/aromatic N) is 1. The molecule has 0 spiro atoms. The summed E-state index contributed by atoms with van der Waals surface area (Å²) in [5.41, 5.74) is 1.54. The summed E-state index contributed by atoms with van der Waals surface area (Å²) in [7, 11) is -3.67. The lowest BCUT2D eigenvalue weighted by molar-refractivity contribution is 0.0953. The summed E-state index contributed by atoms with van der Waals surface area (Å²) in [6.45, 7) is 3.40. The molecule has 1 amide bonds. The van der Waals surface area contributed by atoms with Crippen LogP contribution < -0.4 is 15.8 Å². The smallest absolute Gasteiger partial charge is 0.251 e. The lowest BCUT2D eigenvalue weighted by Gasteiger charge is -2.09. The van der Waals surface area contributed by atoms with Crippen LogP contribution in [0.25, 0.3) is 0 Å². The number of hydrogen-bond donors (Lipinski definition) is 3. The maximum Gasteiger partial charge on any atom is 0.251 e. The molecule has 27 heavy (non-hydrogen) atoms. The third-order valence-electron chi connectivity index (χ3n) is 4.06. The van der Waals surface area contributed by atoms with Gasteiger partial charge in [-0.25, -0.2) is 18.5 Å². The van der Waals surface area contributed by atoms with Crippen molar-refractivity contribution in [3.8, 4) is 0 Å².